The summed E-state index contributed by atoms with van der Waals surface area (Å²) >= 11 is 0. The van der Waals surface area contributed by atoms with Crippen molar-refractivity contribution in [2.75, 3.05) is 20.2 Å². The van der Waals surface area contributed by atoms with E-state index >= 15 is 0 Å². The van der Waals surface area contributed by atoms with Crippen LogP contribution in [0.15, 0.2) is 53.1 Å². The number of carbonyl (C=O) groups is 4. The Morgan fingerprint density at radius 3 is 2.32 bits per heavy atom. The maximum atomic E-state index is 12.1. The van der Waals surface area contributed by atoms with E-state index in [9.17, 15) is 19.2 Å². The number of methoxy groups -OCH3 is 1. The van der Waals surface area contributed by atoms with Crippen LogP contribution >= 0.6 is 0 Å². The molecule has 0 bridgehead atoms. The summed E-state index contributed by atoms with van der Waals surface area (Å²) in [6.07, 6.45) is 1.30. The van der Waals surface area contributed by atoms with Gasteiger partial charge in [-0.1, -0.05) is 30.3 Å². The van der Waals surface area contributed by atoms with Gasteiger partial charge in [0.25, 0.3) is 5.91 Å². The molecule has 0 aliphatic carbocycles. The molecule has 1 aromatic heterocycles. The fraction of sp³-hybridized carbons (Fsp3) is 0.263. The van der Waals surface area contributed by atoms with Crippen molar-refractivity contribution in [1.82, 2.24) is 16.0 Å². The molecule has 1 heterocycles. The van der Waals surface area contributed by atoms with Crippen molar-refractivity contribution in [2.24, 2.45) is 0 Å². The van der Waals surface area contributed by atoms with Crippen LogP contribution in [-0.2, 0) is 19.1 Å². The topological polar surface area (TPSA) is 127 Å². The summed E-state index contributed by atoms with van der Waals surface area (Å²) in [6.45, 7) is -0.614. The van der Waals surface area contributed by atoms with Crippen LogP contribution in [0.5, 0.6) is 0 Å². The highest BCUT2D eigenvalue weighted by molar-refractivity contribution is 5.94. The number of nitrogens with one attached hydrogen (secondary N) is 3. The number of rotatable bonds is 9. The minimum atomic E-state index is -0.586. The molecule has 3 N–H and O–H groups in total. The molecule has 0 fully saturated rings. The number of carbonyl (C=O) groups excluding carboxylic acids is 4. The fourth-order valence-electron chi connectivity index (χ4n) is 2.33. The van der Waals surface area contributed by atoms with Crippen LogP contribution in [-0.4, -0.2) is 43.9 Å². The number of ether oxygens (including phenoxy) is 1. The first-order chi connectivity index (χ1) is 13.5. The van der Waals surface area contributed by atoms with Gasteiger partial charge in [0.1, 0.15) is 0 Å². The van der Waals surface area contributed by atoms with Crippen molar-refractivity contribution in [3.8, 4) is 0 Å². The normalized spacial score (nSPS) is 11.2. The second-order valence-corrected chi connectivity index (χ2v) is 5.75. The first-order valence-corrected chi connectivity index (χ1v) is 8.49. The summed E-state index contributed by atoms with van der Waals surface area (Å²) in [5.74, 6) is -1.95. The Kier molecular flexibility index (Phi) is 7.77. The first-order valence-electron chi connectivity index (χ1n) is 8.49. The molecule has 0 saturated heterocycles. The largest absolute Gasteiger partial charge is 0.469 e. The van der Waals surface area contributed by atoms with Crippen molar-refractivity contribution in [3.63, 3.8) is 0 Å². The van der Waals surface area contributed by atoms with Gasteiger partial charge < -0.3 is 25.1 Å². The molecule has 2 rings (SSSR count). The van der Waals surface area contributed by atoms with Gasteiger partial charge in [-0.3, -0.25) is 19.2 Å². The van der Waals surface area contributed by atoms with Crippen molar-refractivity contribution in [2.45, 2.75) is 12.5 Å². The smallest absolute Gasteiger partial charge is 0.307 e. The summed E-state index contributed by atoms with van der Waals surface area (Å²) in [7, 11) is 1.27. The fourth-order valence-corrected chi connectivity index (χ4v) is 2.33. The van der Waals surface area contributed by atoms with E-state index in [1.807, 2.05) is 6.07 Å². The first kappa shape index (κ1) is 20.7. The molecule has 0 saturated carbocycles. The lowest BCUT2D eigenvalue weighted by molar-refractivity contribution is -0.141. The monoisotopic (exact) mass is 387 g/mol. The van der Waals surface area contributed by atoms with E-state index in [1.54, 1.807) is 30.3 Å². The van der Waals surface area contributed by atoms with Crippen molar-refractivity contribution >= 4 is 23.7 Å². The van der Waals surface area contributed by atoms with E-state index in [0.29, 0.717) is 0 Å². The summed E-state index contributed by atoms with van der Waals surface area (Å²) in [4.78, 5) is 47.2. The number of amides is 3. The predicted molar refractivity (Wildman–Crippen MR) is 98.0 cm³/mol. The molecule has 0 spiro atoms. The Balaban J connectivity index is 1.80. The molecule has 0 aliphatic rings. The van der Waals surface area contributed by atoms with Gasteiger partial charge in [0.05, 0.1) is 38.9 Å². The van der Waals surface area contributed by atoms with E-state index in [-0.39, 0.29) is 25.3 Å². The minimum Gasteiger partial charge on any atom is -0.469 e. The molecule has 9 nitrogen and oxygen atoms in total. The molecule has 0 aliphatic heterocycles. The predicted octanol–water partition coefficient (Wildman–Crippen LogP) is 0.546. The van der Waals surface area contributed by atoms with Crippen LogP contribution < -0.4 is 16.0 Å². The van der Waals surface area contributed by atoms with E-state index in [1.165, 1.54) is 19.4 Å². The van der Waals surface area contributed by atoms with Crippen molar-refractivity contribution in [3.05, 3.63) is 60.1 Å². The van der Waals surface area contributed by atoms with E-state index in [4.69, 9.17) is 4.42 Å². The van der Waals surface area contributed by atoms with Crippen LogP contribution in [0.3, 0.4) is 0 Å². The highest BCUT2D eigenvalue weighted by atomic mass is 16.5. The molecule has 3 amide bonds. The molecular formula is C19H21N3O6. The molecule has 148 valence electrons. The molecule has 28 heavy (non-hydrogen) atoms. The van der Waals surface area contributed by atoms with Gasteiger partial charge in [-0.2, -0.15) is 0 Å². The summed E-state index contributed by atoms with van der Waals surface area (Å²) in [5, 5.41) is 7.45. The Morgan fingerprint density at radius 2 is 1.68 bits per heavy atom. The number of benzene rings is 1. The molecule has 1 atom stereocenters. The van der Waals surface area contributed by atoms with Gasteiger partial charge in [-0.25, -0.2) is 0 Å². The standard InChI is InChI=1S/C19H21N3O6/c1-27-18(25)10-14(13-6-3-2-4-7-13)22-17(24)12-20-16(23)11-21-19(26)15-8-5-9-28-15/h2-9,14H,10-12H2,1H3,(H,20,23)(H,21,26)(H,22,24). The Labute approximate surface area is 161 Å². The van der Waals surface area contributed by atoms with Gasteiger partial charge in [-0.05, 0) is 17.7 Å². The van der Waals surface area contributed by atoms with Crippen LogP contribution in [0.4, 0.5) is 0 Å². The Morgan fingerprint density at radius 1 is 0.964 bits per heavy atom. The highest BCUT2D eigenvalue weighted by Gasteiger charge is 2.19. The highest BCUT2D eigenvalue weighted by Crippen LogP contribution is 2.16. The number of hydrogen-bond acceptors (Lipinski definition) is 6. The molecule has 9 heteroatoms. The molecule has 2 aromatic rings. The molecule has 0 radical (unpaired) electrons. The minimum absolute atomic E-state index is 0.0423. The maximum Gasteiger partial charge on any atom is 0.307 e. The average Bonchev–Trinajstić information content (AvgIpc) is 3.25. The lowest BCUT2D eigenvalue weighted by Crippen LogP contribution is -2.43. The zero-order chi connectivity index (χ0) is 20.4. The number of esters is 1. The molecule has 1 aromatic carbocycles. The number of hydrogen-bond donors (Lipinski definition) is 3. The van der Waals surface area contributed by atoms with Crippen molar-refractivity contribution < 1.29 is 28.3 Å². The van der Waals surface area contributed by atoms with E-state index < -0.39 is 29.7 Å². The zero-order valence-electron chi connectivity index (χ0n) is 15.3. The lowest BCUT2D eigenvalue weighted by atomic mass is 10.0. The van der Waals surface area contributed by atoms with E-state index in [2.05, 4.69) is 20.7 Å². The third-order valence-corrected chi connectivity index (χ3v) is 3.74. The number of furan rings is 1. The van der Waals surface area contributed by atoms with Gasteiger partial charge in [-0.15, -0.1) is 0 Å². The Hall–Kier alpha value is -3.62. The zero-order valence-corrected chi connectivity index (χ0v) is 15.3. The van der Waals surface area contributed by atoms with Gasteiger partial charge in [0.2, 0.25) is 11.8 Å². The molecule has 1 unspecified atom stereocenters. The van der Waals surface area contributed by atoms with E-state index in [0.717, 1.165) is 5.56 Å². The Bertz CT molecular complexity index is 804. The lowest BCUT2D eigenvalue weighted by Gasteiger charge is -2.18. The average molecular weight is 387 g/mol. The van der Waals surface area contributed by atoms with Crippen LogP contribution in [0.2, 0.25) is 0 Å². The van der Waals surface area contributed by atoms with Crippen molar-refractivity contribution in [1.29, 1.82) is 0 Å². The third-order valence-electron chi connectivity index (χ3n) is 3.74. The van der Waals surface area contributed by atoms with Gasteiger partial charge >= 0.3 is 5.97 Å². The van der Waals surface area contributed by atoms with Crippen LogP contribution in [0.1, 0.15) is 28.6 Å². The summed E-state index contributed by atoms with van der Waals surface area (Å²) < 4.78 is 9.57. The third kappa shape index (κ3) is 6.60. The second-order valence-electron chi connectivity index (χ2n) is 5.75. The quantitative estimate of drug-likeness (QED) is 0.539. The summed E-state index contributed by atoms with van der Waals surface area (Å²) in [6, 6.07) is 11.4. The summed E-state index contributed by atoms with van der Waals surface area (Å²) in [5.41, 5.74) is 0.735. The SMILES string of the molecule is COC(=O)CC(NC(=O)CNC(=O)CNC(=O)c1ccco1)c1ccccc1. The molecular weight excluding hydrogens is 366 g/mol. The van der Waals surface area contributed by atoms with Gasteiger partial charge in [0, 0.05) is 0 Å². The second kappa shape index (κ2) is 10.5. The maximum absolute atomic E-state index is 12.1. The van der Waals surface area contributed by atoms with Crippen LogP contribution in [0, 0.1) is 0 Å². The van der Waals surface area contributed by atoms with Gasteiger partial charge in [0.15, 0.2) is 5.76 Å². The van der Waals surface area contributed by atoms with Crippen LogP contribution in [0.25, 0.3) is 0 Å².